The van der Waals surface area contributed by atoms with Crippen molar-refractivity contribution in [2.24, 2.45) is 5.73 Å². The molecule has 7 nitrogen and oxygen atoms in total. The van der Waals surface area contributed by atoms with E-state index in [4.69, 9.17) is 10.5 Å². The molecule has 8 rings (SSSR count). The highest BCUT2D eigenvalue weighted by atomic mass is 16.5. The van der Waals surface area contributed by atoms with Gasteiger partial charge in [0, 0.05) is 58.8 Å². The van der Waals surface area contributed by atoms with Crippen LogP contribution in [0.15, 0.2) is 42.0 Å². The minimum atomic E-state index is -0.428. The molecule has 218 valence electrons. The summed E-state index contributed by atoms with van der Waals surface area (Å²) in [6.07, 6.45) is 12.9. The number of piperazine rings is 1. The predicted octanol–water partition coefficient (Wildman–Crippen LogP) is 5.70. The number of hydrogen-bond acceptors (Lipinski definition) is 4. The number of benzene rings is 2. The number of rotatable bonds is 5. The zero-order valence-electron chi connectivity index (χ0n) is 24.5. The van der Waals surface area contributed by atoms with Crippen LogP contribution in [0.2, 0.25) is 0 Å². The van der Waals surface area contributed by atoms with Gasteiger partial charge in [-0.3, -0.25) is 14.5 Å². The van der Waals surface area contributed by atoms with Crippen LogP contribution < -0.4 is 10.5 Å². The van der Waals surface area contributed by atoms with Crippen molar-refractivity contribution in [2.45, 2.75) is 88.4 Å². The van der Waals surface area contributed by atoms with Gasteiger partial charge in [0.15, 0.2) is 0 Å². The van der Waals surface area contributed by atoms with Crippen LogP contribution in [-0.2, 0) is 11.3 Å². The fraction of sp³-hybridized carbons (Fsp3) is 0.486. The average Bonchev–Trinajstić information content (AvgIpc) is 3.79. The van der Waals surface area contributed by atoms with Crippen molar-refractivity contribution < 1.29 is 14.3 Å². The number of carbonyl (C=O) groups is 2. The molecule has 2 aromatic carbocycles. The summed E-state index contributed by atoms with van der Waals surface area (Å²) in [6.45, 7) is 2.46. The lowest BCUT2D eigenvalue weighted by atomic mass is 9.81. The van der Waals surface area contributed by atoms with Gasteiger partial charge in [-0.15, -0.1) is 0 Å². The number of hydrogen-bond donors (Lipinski definition) is 1. The van der Waals surface area contributed by atoms with E-state index in [0.717, 1.165) is 72.8 Å². The van der Waals surface area contributed by atoms with Crippen LogP contribution in [0.3, 0.4) is 0 Å². The topological polar surface area (TPSA) is 80.8 Å². The number of fused-ring (bicyclic) bond motifs is 7. The summed E-state index contributed by atoms with van der Waals surface area (Å²) in [5.74, 6) is 0.958. The highest BCUT2D eigenvalue weighted by Crippen LogP contribution is 2.47. The lowest BCUT2D eigenvalue weighted by Crippen LogP contribution is -2.56. The third-order valence-electron chi connectivity index (χ3n) is 10.7. The molecular weight excluding hydrogens is 524 g/mol. The first-order valence-electron chi connectivity index (χ1n) is 15.9. The van der Waals surface area contributed by atoms with Crippen LogP contribution in [0, 0.1) is 0 Å². The molecule has 0 radical (unpaired) electrons. The SMILES string of the molecule is COc1ccc2c(c1)C=C(C(=O)N1C3CCC1CN(C1CC1)C3)Cn1c-2c(C2CCCCC2)c2ccc(C(N)=O)cc21. The Labute approximate surface area is 247 Å². The Morgan fingerprint density at radius 1 is 0.881 bits per heavy atom. The van der Waals surface area contributed by atoms with Crippen LogP contribution >= 0.6 is 0 Å². The maximum absolute atomic E-state index is 14.6. The molecule has 2 atom stereocenters. The number of ether oxygens (including phenoxy) is 1. The number of methoxy groups -OCH3 is 1. The molecule has 1 aromatic heterocycles. The maximum atomic E-state index is 14.6. The second-order valence-corrected chi connectivity index (χ2v) is 13.2. The molecule has 2 N–H and O–H groups in total. The summed E-state index contributed by atoms with van der Waals surface area (Å²) in [6, 6.07) is 13.5. The zero-order valence-corrected chi connectivity index (χ0v) is 24.5. The summed E-state index contributed by atoms with van der Waals surface area (Å²) in [7, 11) is 1.70. The number of nitrogens with zero attached hydrogens (tertiary/aromatic N) is 3. The molecule has 4 fully saturated rings. The Bertz CT molecular complexity index is 1610. The number of nitrogens with two attached hydrogens (primary N) is 1. The number of primary amides is 1. The molecule has 3 aliphatic heterocycles. The Morgan fingerprint density at radius 2 is 1.62 bits per heavy atom. The quantitative estimate of drug-likeness (QED) is 0.431. The van der Waals surface area contributed by atoms with Crippen LogP contribution in [0.25, 0.3) is 28.2 Å². The highest BCUT2D eigenvalue weighted by molar-refractivity contribution is 6.04. The van der Waals surface area contributed by atoms with Crippen molar-refractivity contribution >= 4 is 28.8 Å². The molecule has 2 amide bonds. The zero-order chi connectivity index (χ0) is 28.5. The van der Waals surface area contributed by atoms with Gasteiger partial charge in [0.2, 0.25) is 5.91 Å². The minimum absolute atomic E-state index is 0.159. The van der Waals surface area contributed by atoms with E-state index < -0.39 is 5.91 Å². The van der Waals surface area contributed by atoms with E-state index >= 15 is 0 Å². The van der Waals surface area contributed by atoms with Crippen LogP contribution in [0.4, 0.5) is 0 Å². The third kappa shape index (κ3) is 4.19. The van der Waals surface area contributed by atoms with Crippen molar-refractivity contribution in [3.8, 4) is 17.0 Å². The number of carbonyl (C=O) groups excluding carboxylic acids is 2. The maximum Gasteiger partial charge on any atom is 0.252 e. The Kier molecular flexibility index (Phi) is 6.21. The molecule has 3 aromatic rings. The summed E-state index contributed by atoms with van der Waals surface area (Å²) in [4.78, 5) is 31.7. The average molecular weight is 565 g/mol. The fourth-order valence-corrected chi connectivity index (χ4v) is 8.50. The molecule has 42 heavy (non-hydrogen) atoms. The molecule has 5 aliphatic rings. The molecule has 0 spiro atoms. The van der Waals surface area contributed by atoms with Crippen LogP contribution in [0.5, 0.6) is 5.75 Å². The summed E-state index contributed by atoms with van der Waals surface area (Å²) in [5.41, 5.74) is 12.8. The van der Waals surface area contributed by atoms with E-state index in [9.17, 15) is 9.59 Å². The monoisotopic (exact) mass is 564 g/mol. The molecule has 2 bridgehead atoms. The molecule has 2 unspecified atom stereocenters. The standard InChI is InChI=1S/C35H40N4O3/c1-42-28-12-14-29-23(16-28)15-24(35(41)39-26-10-11-27(39)20-37(19-26)25-8-9-25)18-38-31-17-22(34(36)40)7-13-30(31)32(33(29)38)21-5-3-2-4-6-21/h7,12-17,21,25-27H,2-6,8-11,18-20H2,1H3,(H2,36,40). The molecule has 2 saturated carbocycles. The van der Waals surface area contributed by atoms with Crippen molar-refractivity contribution in [2.75, 3.05) is 20.2 Å². The number of aromatic nitrogens is 1. The molecular formula is C35H40N4O3. The first kappa shape index (κ1) is 26.1. The Balaban J connectivity index is 1.29. The highest BCUT2D eigenvalue weighted by Gasteiger charge is 2.46. The normalized spacial score (nSPS) is 24.2. The second kappa shape index (κ2) is 10.0. The van der Waals surface area contributed by atoms with Gasteiger partial charge < -0.3 is 19.9 Å². The number of amides is 2. The van der Waals surface area contributed by atoms with E-state index in [1.54, 1.807) is 7.11 Å². The lowest BCUT2D eigenvalue weighted by molar-refractivity contribution is -0.133. The van der Waals surface area contributed by atoms with Gasteiger partial charge in [-0.25, -0.2) is 0 Å². The predicted molar refractivity (Wildman–Crippen MR) is 164 cm³/mol. The molecule has 7 heteroatoms. The van der Waals surface area contributed by atoms with Crippen molar-refractivity contribution in [3.05, 3.63) is 58.7 Å². The summed E-state index contributed by atoms with van der Waals surface area (Å²) in [5, 5.41) is 1.18. The van der Waals surface area contributed by atoms with E-state index in [2.05, 4.69) is 38.6 Å². The van der Waals surface area contributed by atoms with Gasteiger partial charge >= 0.3 is 0 Å². The van der Waals surface area contributed by atoms with E-state index in [1.807, 2.05) is 18.2 Å². The van der Waals surface area contributed by atoms with Gasteiger partial charge in [-0.05, 0) is 92.0 Å². The fourth-order valence-electron chi connectivity index (χ4n) is 8.50. The van der Waals surface area contributed by atoms with Gasteiger partial charge in [-0.1, -0.05) is 25.3 Å². The smallest absolute Gasteiger partial charge is 0.252 e. The first-order chi connectivity index (χ1) is 20.5. The summed E-state index contributed by atoms with van der Waals surface area (Å²) >= 11 is 0. The third-order valence-corrected chi connectivity index (χ3v) is 10.7. The van der Waals surface area contributed by atoms with Crippen molar-refractivity contribution in [3.63, 3.8) is 0 Å². The van der Waals surface area contributed by atoms with Gasteiger partial charge in [0.25, 0.3) is 5.91 Å². The Hall–Kier alpha value is -3.58. The van der Waals surface area contributed by atoms with E-state index in [0.29, 0.717) is 18.0 Å². The minimum Gasteiger partial charge on any atom is -0.497 e. The molecule has 2 aliphatic carbocycles. The van der Waals surface area contributed by atoms with Crippen LogP contribution in [0.1, 0.15) is 85.2 Å². The molecule has 4 heterocycles. The molecule has 2 saturated heterocycles. The van der Waals surface area contributed by atoms with Gasteiger partial charge in [-0.2, -0.15) is 0 Å². The van der Waals surface area contributed by atoms with Gasteiger partial charge in [0.05, 0.1) is 19.3 Å². The first-order valence-corrected chi connectivity index (χ1v) is 15.9. The van der Waals surface area contributed by atoms with Crippen molar-refractivity contribution in [1.82, 2.24) is 14.4 Å². The largest absolute Gasteiger partial charge is 0.497 e. The second-order valence-electron chi connectivity index (χ2n) is 13.2. The number of likely N-dealkylation sites (tertiary alicyclic amines) is 1. The van der Waals surface area contributed by atoms with Crippen LogP contribution in [-0.4, -0.2) is 64.5 Å². The lowest BCUT2D eigenvalue weighted by Gasteiger charge is -2.41. The summed E-state index contributed by atoms with van der Waals surface area (Å²) < 4.78 is 7.98. The van der Waals surface area contributed by atoms with E-state index in [-0.39, 0.29) is 18.0 Å². The Morgan fingerprint density at radius 3 is 2.31 bits per heavy atom. The van der Waals surface area contributed by atoms with E-state index in [1.165, 1.54) is 48.7 Å². The van der Waals surface area contributed by atoms with Gasteiger partial charge in [0.1, 0.15) is 5.75 Å². The van der Waals surface area contributed by atoms with Crippen molar-refractivity contribution in [1.29, 1.82) is 0 Å².